The third-order valence-corrected chi connectivity index (χ3v) is 3.78. The topological polar surface area (TPSA) is 53.8 Å². The largest absolute Gasteiger partial charge is 0.388 e. The fourth-order valence-electron chi connectivity index (χ4n) is 2.49. The standard InChI is InChI=1S/C11H19N3OS/c15-8-10-12-13-11(16)14(10)7-6-9-4-2-1-3-5-9/h9,15H,1-8H2,(H,13,16). The van der Waals surface area contributed by atoms with Crippen molar-refractivity contribution in [1.29, 1.82) is 0 Å². The second-order valence-corrected chi connectivity index (χ2v) is 4.93. The summed E-state index contributed by atoms with van der Waals surface area (Å²) in [7, 11) is 0. The first-order valence-corrected chi connectivity index (χ1v) is 6.47. The monoisotopic (exact) mass is 241 g/mol. The lowest BCUT2D eigenvalue weighted by atomic mass is 9.87. The average Bonchev–Trinajstić information content (AvgIpc) is 2.69. The SMILES string of the molecule is OCc1n[nH]c(=S)n1CCC1CCCCC1. The lowest BCUT2D eigenvalue weighted by molar-refractivity contribution is 0.259. The minimum Gasteiger partial charge on any atom is -0.388 e. The molecule has 5 heteroatoms. The van der Waals surface area contributed by atoms with E-state index in [0.717, 1.165) is 18.9 Å². The Balaban J connectivity index is 1.93. The van der Waals surface area contributed by atoms with Gasteiger partial charge in [-0.05, 0) is 24.6 Å². The molecule has 2 rings (SSSR count). The van der Waals surface area contributed by atoms with Gasteiger partial charge in [0, 0.05) is 6.54 Å². The quantitative estimate of drug-likeness (QED) is 0.796. The Morgan fingerprint density at radius 3 is 2.81 bits per heavy atom. The van der Waals surface area contributed by atoms with Crippen LogP contribution in [0.5, 0.6) is 0 Å². The molecule has 0 amide bonds. The number of aromatic amines is 1. The predicted octanol–water partition coefficient (Wildman–Crippen LogP) is 2.40. The van der Waals surface area contributed by atoms with Gasteiger partial charge in [0.15, 0.2) is 10.6 Å². The number of nitrogens with one attached hydrogen (secondary N) is 1. The fourth-order valence-corrected chi connectivity index (χ4v) is 2.73. The molecular formula is C11H19N3OS. The highest BCUT2D eigenvalue weighted by Crippen LogP contribution is 2.26. The Morgan fingerprint density at radius 1 is 1.38 bits per heavy atom. The lowest BCUT2D eigenvalue weighted by Gasteiger charge is -2.21. The second-order valence-electron chi connectivity index (χ2n) is 4.55. The summed E-state index contributed by atoms with van der Waals surface area (Å²) in [5.41, 5.74) is 0. The number of aromatic nitrogens is 3. The van der Waals surface area contributed by atoms with Crippen LogP contribution in [0.1, 0.15) is 44.3 Å². The van der Waals surface area contributed by atoms with Crippen molar-refractivity contribution in [3.05, 3.63) is 10.6 Å². The third kappa shape index (κ3) is 2.71. The molecule has 4 nitrogen and oxygen atoms in total. The molecule has 0 bridgehead atoms. The van der Waals surface area contributed by atoms with Crippen LogP contribution < -0.4 is 0 Å². The van der Waals surface area contributed by atoms with E-state index < -0.39 is 0 Å². The molecule has 1 aromatic heterocycles. The average molecular weight is 241 g/mol. The van der Waals surface area contributed by atoms with E-state index in [-0.39, 0.29) is 6.61 Å². The second kappa shape index (κ2) is 5.59. The highest BCUT2D eigenvalue weighted by Gasteiger charge is 2.14. The number of aliphatic hydroxyl groups excluding tert-OH is 1. The maximum Gasteiger partial charge on any atom is 0.195 e. The van der Waals surface area contributed by atoms with E-state index in [1.807, 2.05) is 4.57 Å². The summed E-state index contributed by atoms with van der Waals surface area (Å²) in [5, 5.41) is 15.8. The van der Waals surface area contributed by atoms with Gasteiger partial charge in [0.05, 0.1) is 0 Å². The summed E-state index contributed by atoms with van der Waals surface area (Å²) in [5.74, 6) is 1.48. The molecular weight excluding hydrogens is 222 g/mol. The minimum atomic E-state index is -0.0438. The Morgan fingerprint density at radius 2 is 2.12 bits per heavy atom. The van der Waals surface area contributed by atoms with Crippen LogP contribution in [-0.4, -0.2) is 19.9 Å². The summed E-state index contributed by atoms with van der Waals surface area (Å²) in [6.45, 7) is 0.841. The normalized spacial score (nSPS) is 17.8. The van der Waals surface area contributed by atoms with Crippen LogP contribution in [0.15, 0.2) is 0 Å². The summed E-state index contributed by atoms with van der Waals surface area (Å²) in [6, 6.07) is 0. The molecule has 0 spiro atoms. The first-order valence-electron chi connectivity index (χ1n) is 6.06. The highest BCUT2D eigenvalue weighted by molar-refractivity contribution is 7.71. The van der Waals surface area contributed by atoms with Crippen molar-refractivity contribution in [2.24, 2.45) is 5.92 Å². The van der Waals surface area contributed by atoms with Gasteiger partial charge in [0.2, 0.25) is 0 Å². The van der Waals surface area contributed by atoms with Gasteiger partial charge in [-0.2, -0.15) is 5.10 Å². The summed E-state index contributed by atoms with van der Waals surface area (Å²) < 4.78 is 2.55. The Bertz CT molecular complexity index is 379. The van der Waals surface area contributed by atoms with Crippen molar-refractivity contribution in [3.8, 4) is 0 Å². The zero-order valence-electron chi connectivity index (χ0n) is 9.48. The molecule has 2 N–H and O–H groups in total. The van der Waals surface area contributed by atoms with Crippen molar-refractivity contribution >= 4 is 12.2 Å². The van der Waals surface area contributed by atoms with E-state index in [2.05, 4.69) is 10.2 Å². The van der Waals surface area contributed by atoms with E-state index in [0.29, 0.717) is 10.6 Å². The number of hydrogen-bond donors (Lipinski definition) is 2. The van der Waals surface area contributed by atoms with Crippen LogP contribution in [0, 0.1) is 10.7 Å². The molecule has 16 heavy (non-hydrogen) atoms. The van der Waals surface area contributed by atoms with Gasteiger partial charge >= 0.3 is 0 Å². The summed E-state index contributed by atoms with van der Waals surface area (Å²) in [4.78, 5) is 0. The summed E-state index contributed by atoms with van der Waals surface area (Å²) in [6.07, 6.45) is 7.98. The van der Waals surface area contributed by atoms with Crippen molar-refractivity contribution in [3.63, 3.8) is 0 Å². The maximum absolute atomic E-state index is 9.12. The molecule has 0 radical (unpaired) electrons. The third-order valence-electron chi connectivity index (χ3n) is 3.46. The van der Waals surface area contributed by atoms with Crippen LogP contribution in [0.2, 0.25) is 0 Å². The number of nitrogens with zero attached hydrogens (tertiary/aromatic N) is 2. The molecule has 0 aromatic carbocycles. The van der Waals surface area contributed by atoms with E-state index in [4.69, 9.17) is 17.3 Å². The van der Waals surface area contributed by atoms with Crippen molar-refractivity contribution in [2.75, 3.05) is 0 Å². The molecule has 1 aliphatic rings. The van der Waals surface area contributed by atoms with Gasteiger partial charge in [0.25, 0.3) is 0 Å². The van der Waals surface area contributed by atoms with E-state index >= 15 is 0 Å². The lowest BCUT2D eigenvalue weighted by Crippen LogP contribution is -2.12. The molecule has 1 aliphatic carbocycles. The smallest absolute Gasteiger partial charge is 0.195 e. The number of rotatable bonds is 4. The fraction of sp³-hybridized carbons (Fsp3) is 0.818. The maximum atomic E-state index is 9.12. The van der Waals surface area contributed by atoms with Gasteiger partial charge in [-0.25, -0.2) is 0 Å². The van der Waals surface area contributed by atoms with Crippen LogP contribution in [0.4, 0.5) is 0 Å². The zero-order chi connectivity index (χ0) is 11.4. The van der Waals surface area contributed by atoms with Crippen molar-refractivity contribution in [2.45, 2.75) is 51.7 Å². The molecule has 1 fully saturated rings. The van der Waals surface area contributed by atoms with Gasteiger partial charge in [-0.1, -0.05) is 32.1 Å². The van der Waals surface area contributed by atoms with Crippen LogP contribution in [0.25, 0.3) is 0 Å². The Kier molecular flexibility index (Phi) is 4.12. The molecule has 0 unspecified atom stereocenters. The Hall–Kier alpha value is -0.680. The zero-order valence-corrected chi connectivity index (χ0v) is 10.3. The highest BCUT2D eigenvalue weighted by atomic mass is 32.1. The van der Waals surface area contributed by atoms with Crippen LogP contribution in [0.3, 0.4) is 0 Å². The van der Waals surface area contributed by atoms with Gasteiger partial charge in [-0.15, -0.1) is 0 Å². The molecule has 90 valence electrons. The minimum absolute atomic E-state index is 0.0438. The van der Waals surface area contributed by atoms with E-state index in [9.17, 15) is 0 Å². The molecule has 1 saturated carbocycles. The molecule has 1 heterocycles. The Labute approximate surface area is 101 Å². The first-order chi connectivity index (χ1) is 7.81. The first kappa shape index (κ1) is 11.8. The van der Waals surface area contributed by atoms with Crippen LogP contribution >= 0.6 is 12.2 Å². The van der Waals surface area contributed by atoms with E-state index in [1.165, 1.54) is 32.1 Å². The van der Waals surface area contributed by atoms with Gasteiger partial charge in [-0.3, -0.25) is 5.10 Å². The molecule has 0 atom stereocenters. The van der Waals surface area contributed by atoms with Crippen molar-refractivity contribution in [1.82, 2.24) is 14.8 Å². The molecule has 0 saturated heterocycles. The van der Waals surface area contributed by atoms with Gasteiger partial charge in [0.1, 0.15) is 6.61 Å². The molecule has 0 aliphatic heterocycles. The molecule has 1 aromatic rings. The summed E-state index contributed by atoms with van der Waals surface area (Å²) >= 11 is 5.14. The van der Waals surface area contributed by atoms with E-state index in [1.54, 1.807) is 0 Å². The number of H-pyrrole nitrogens is 1. The predicted molar refractivity (Wildman–Crippen MR) is 64.5 cm³/mol. The van der Waals surface area contributed by atoms with Crippen molar-refractivity contribution < 1.29 is 5.11 Å². The number of hydrogen-bond acceptors (Lipinski definition) is 3. The van der Waals surface area contributed by atoms with Crippen LogP contribution in [-0.2, 0) is 13.2 Å². The van der Waals surface area contributed by atoms with Gasteiger partial charge < -0.3 is 9.67 Å². The number of aliphatic hydroxyl groups is 1.